The normalized spacial score (nSPS) is 10.9. The highest BCUT2D eigenvalue weighted by atomic mass is 35.5. The van der Waals surface area contributed by atoms with E-state index in [0.717, 1.165) is 31.4 Å². The highest BCUT2D eigenvalue weighted by molar-refractivity contribution is 5.85. The van der Waals surface area contributed by atoms with Crippen LogP contribution in [0.25, 0.3) is 0 Å². The fourth-order valence-electron chi connectivity index (χ4n) is 2.56. The summed E-state index contributed by atoms with van der Waals surface area (Å²) in [5.41, 5.74) is 7.03. The van der Waals surface area contributed by atoms with Crippen LogP contribution in [-0.4, -0.2) is 38.1 Å². The zero-order valence-corrected chi connectivity index (χ0v) is 16.3. The number of methoxy groups -OCH3 is 1. The molecule has 0 radical (unpaired) electrons. The van der Waals surface area contributed by atoms with Gasteiger partial charge in [-0.05, 0) is 48.9 Å². The largest absolute Gasteiger partial charge is 0.497 e. The fraction of sp³-hybridized carbons (Fsp3) is 0.632. The van der Waals surface area contributed by atoms with Crippen molar-refractivity contribution in [3.63, 3.8) is 0 Å². The number of rotatable bonds is 10. The summed E-state index contributed by atoms with van der Waals surface area (Å²) in [5, 5.41) is 0. The summed E-state index contributed by atoms with van der Waals surface area (Å²) in [6.07, 6.45) is 4.81. The molecule has 138 valence electrons. The van der Waals surface area contributed by atoms with Crippen molar-refractivity contribution in [2.24, 2.45) is 11.1 Å². The molecule has 0 heterocycles. The Morgan fingerprint density at radius 2 is 1.79 bits per heavy atom. The summed E-state index contributed by atoms with van der Waals surface area (Å²) in [6, 6.07) is 8.19. The van der Waals surface area contributed by atoms with Gasteiger partial charge in [-0.3, -0.25) is 4.79 Å². The summed E-state index contributed by atoms with van der Waals surface area (Å²) in [6.45, 7) is 5.48. The molecular formula is C19H33ClN2O2. The highest BCUT2D eigenvalue weighted by Gasteiger charge is 2.20. The van der Waals surface area contributed by atoms with Crippen molar-refractivity contribution < 1.29 is 9.53 Å². The van der Waals surface area contributed by atoms with Crippen LogP contribution < -0.4 is 10.5 Å². The van der Waals surface area contributed by atoms with E-state index in [2.05, 4.69) is 26.0 Å². The first-order valence-electron chi connectivity index (χ1n) is 8.45. The predicted molar refractivity (Wildman–Crippen MR) is 103 cm³/mol. The van der Waals surface area contributed by atoms with Gasteiger partial charge < -0.3 is 15.4 Å². The topological polar surface area (TPSA) is 55.6 Å². The van der Waals surface area contributed by atoms with Gasteiger partial charge in [-0.15, -0.1) is 12.4 Å². The van der Waals surface area contributed by atoms with E-state index in [0.29, 0.717) is 19.5 Å². The van der Waals surface area contributed by atoms with Gasteiger partial charge in [0, 0.05) is 20.0 Å². The summed E-state index contributed by atoms with van der Waals surface area (Å²) in [5.74, 6) is 1.11. The van der Waals surface area contributed by atoms with Crippen LogP contribution in [0.5, 0.6) is 5.75 Å². The maximum absolute atomic E-state index is 12.1. The van der Waals surface area contributed by atoms with Gasteiger partial charge in [0.2, 0.25) is 5.91 Å². The molecule has 0 saturated carbocycles. The first kappa shape index (κ1) is 22.7. The summed E-state index contributed by atoms with van der Waals surface area (Å²) < 4.78 is 5.15. The number of nitrogens with two attached hydrogens (primary N) is 1. The van der Waals surface area contributed by atoms with Gasteiger partial charge in [-0.25, -0.2) is 0 Å². The number of carbonyl (C=O) groups is 1. The molecule has 0 aliphatic rings. The summed E-state index contributed by atoms with van der Waals surface area (Å²) >= 11 is 0. The molecular weight excluding hydrogens is 324 g/mol. The van der Waals surface area contributed by atoms with Gasteiger partial charge in [0.15, 0.2) is 0 Å². The highest BCUT2D eigenvalue weighted by Crippen LogP contribution is 2.16. The van der Waals surface area contributed by atoms with E-state index in [4.69, 9.17) is 10.5 Å². The molecule has 24 heavy (non-hydrogen) atoms. The SMILES string of the molecule is COc1ccc(CCCCCC(=O)N(C)CC(C)(C)CN)cc1.Cl. The predicted octanol–water partition coefficient (Wildman–Crippen LogP) is 3.66. The van der Waals surface area contributed by atoms with Crippen LogP contribution in [0.2, 0.25) is 0 Å². The number of carbonyl (C=O) groups excluding carboxylic acids is 1. The van der Waals surface area contributed by atoms with Crippen molar-refractivity contribution in [3.8, 4) is 5.75 Å². The van der Waals surface area contributed by atoms with Crippen LogP contribution in [0.4, 0.5) is 0 Å². The molecule has 0 atom stereocenters. The molecule has 1 rings (SSSR count). The van der Waals surface area contributed by atoms with Crippen LogP contribution in [0.1, 0.15) is 45.1 Å². The number of unbranched alkanes of at least 4 members (excludes halogenated alkanes) is 2. The number of nitrogens with zero attached hydrogens (tertiary/aromatic N) is 1. The second kappa shape index (κ2) is 11.3. The maximum atomic E-state index is 12.1. The Labute approximate surface area is 153 Å². The molecule has 5 heteroatoms. The molecule has 2 N–H and O–H groups in total. The molecule has 0 bridgehead atoms. The molecule has 0 saturated heterocycles. The molecule has 0 aromatic heterocycles. The number of ether oxygens (including phenoxy) is 1. The second-order valence-corrected chi connectivity index (χ2v) is 7.03. The van der Waals surface area contributed by atoms with Crippen LogP contribution in [0.15, 0.2) is 24.3 Å². The van der Waals surface area contributed by atoms with Crippen LogP contribution >= 0.6 is 12.4 Å². The number of hydrogen-bond acceptors (Lipinski definition) is 3. The average molecular weight is 357 g/mol. The van der Waals surface area contributed by atoms with E-state index in [1.807, 2.05) is 24.1 Å². The lowest BCUT2D eigenvalue weighted by molar-refractivity contribution is -0.131. The van der Waals surface area contributed by atoms with E-state index < -0.39 is 0 Å². The van der Waals surface area contributed by atoms with E-state index in [9.17, 15) is 4.79 Å². The molecule has 0 unspecified atom stereocenters. The third-order valence-electron chi connectivity index (χ3n) is 4.16. The van der Waals surface area contributed by atoms with Crippen molar-refractivity contribution in [1.82, 2.24) is 4.90 Å². The standard InChI is InChI=1S/C19H32N2O2.ClH/c1-19(2,14-20)15-21(3)18(22)9-7-5-6-8-16-10-12-17(23-4)13-11-16;/h10-13H,5-9,14-15,20H2,1-4H3;1H. The summed E-state index contributed by atoms with van der Waals surface area (Å²) in [7, 11) is 3.55. The van der Waals surface area contributed by atoms with E-state index in [1.165, 1.54) is 5.56 Å². The molecule has 0 aliphatic heterocycles. The molecule has 1 amide bonds. The minimum Gasteiger partial charge on any atom is -0.497 e. The Morgan fingerprint density at radius 1 is 1.17 bits per heavy atom. The lowest BCUT2D eigenvalue weighted by atomic mass is 9.93. The molecule has 0 spiro atoms. The number of aryl methyl sites for hydroxylation is 1. The smallest absolute Gasteiger partial charge is 0.222 e. The number of benzene rings is 1. The Bertz CT molecular complexity index is 475. The Hall–Kier alpha value is -1.26. The quantitative estimate of drug-likeness (QED) is 0.651. The van der Waals surface area contributed by atoms with Crippen LogP contribution in [-0.2, 0) is 11.2 Å². The molecule has 4 nitrogen and oxygen atoms in total. The minimum atomic E-state index is -0.0151. The Morgan fingerprint density at radius 3 is 2.33 bits per heavy atom. The van der Waals surface area contributed by atoms with Gasteiger partial charge in [0.25, 0.3) is 0 Å². The first-order chi connectivity index (χ1) is 10.9. The zero-order valence-electron chi connectivity index (χ0n) is 15.5. The lowest BCUT2D eigenvalue weighted by Crippen LogP contribution is -2.39. The van der Waals surface area contributed by atoms with Crippen molar-refractivity contribution in [3.05, 3.63) is 29.8 Å². The van der Waals surface area contributed by atoms with Crippen molar-refractivity contribution >= 4 is 18.3 Å². The van der Waals surface area contributed by atoms with E-state index >= 15 is 0 Å². The van der Waals surface area contributed by atoms with Crippen molar-refractivity contribution in [1.29, 1.82) is 0 Å². The van der Waals surface area contributed by atoms with Gasteiger partial charge in [0.05, 0.1) is 7.11 Å². The number of amides is 1. The fourth-order valence-corrected chi connectivity index (χ4v) is 2.56. The van der Waals surface area contributed by atoms with E-state index in [1.54, 1.807) is 7.11 Å². The van der Waals surface area contributed by atoms with E-state index in [-0.39, 0.29) is 23.7 Å². The monoisotopic (exact) mass is 356 g/mol. The first-order valence-corrected chi connectivity index (χ1v) is 8.45. The Kier molecular flexibility index (Phi) is 10.7. The Balaban J connectivity index is 0.00000529. The lowest BCUT2D eigenvalue weighted by Gasteiger charge is -2.29. The molecule has 1 aromatic rings. The zero-order chi connectivity index (χ0) is 17.3. The van der Waals surface area contributed by atoms with Gasteiger partial charge in [-0.2, -0.15) is 0 Å². The second-order valence-electron chi connectivity index (χ2n) is 7.03. The average Bonchev–Trinajstić information content (AvgIpc) is 2.54. The molecule has 0 aliphatic carbocycles. The molecule has 1 aromatic carbocycles. The third-order valence-corrected chi connectivity index (χ3v) is 4.16. The van der Waals surface area contributed by atoms with Gasteiger partial charge >= 0.3 is 0 Å². The summed E-state index contributed by atoms with van der Waals surface area (Å²) in [4.78, 5) is 13.9. The number of hydrogen-bond donors (Lipinski definition) is 1. The number of halogens is 1. The van der Waals surface area contributed by atoms with Crippen LogP contribution in [0.3, 0.4) is 0 Å². The minimum absolute atomic E-state index is 0. The van der Waals surface area contributed by atoms with Crippen LogP contribution in [0, 0.1) is 5.41 Å². The third kappa shape index (κ3) is 8.55. The molecule has 0 fully saturated rings. The van der Waals surface area contributed by atoms with Gasteiger partial charge in [-0.1, -0.05) is 32.4 Å². The maximum Gasteiger partial charge on any atom is 0.222 e. The van der Waals surface area contributed by atoms with Crippen molar-refractivity contribution in [2.45, 2.75) is 46.0 Å². The van der Waals surface area contributed by atoms with Crippen molar-refractivity contribution in [2.75, 3.05) is 27.2 Å². The van der Waals surface area contributed by atoms with Gasteiger partial charge in [0.1, 0.15) is 5.75 Å².